The molecule has 0 unspecified atom stereocenters. The summed E-state index contributed by atoms with van der Waals surface area (Å²) in [4.78, 5) is 23.4. The Balaban J connectivity index is 2.06. The molecule has 1 aromatic rings. The summed E-state index contributed by atoms with van der Waals surface area (Å²) in [6, 6.07) is 4.54. The highest BCUT2D eigenvalue weighted by Gasteiger charge is 2.42. The Hall–Kier alpha value is -1.62. The molecule has 2 rings (SSSR count). The number of ether oxygens (including phenoxy) is 2. The fourth-order valence-corrected chi connectivity index (χ4v) is 1.90. The van der Waals surface area contributed by atoms with Gasteiger partial charge in [-0.1, -0.05) is 19.4 Å². The number of carbonyl (C=O) groups excluding carboxylic acids is 1. The fraction of sp³-hybridized carbons (Fsp3) is 0.538. The number of rotatable bonds is 4. The van der Waals surface area contributed by atoms with Crippen molar-refractivity contribution in [3.05, 3.63) is 34.7 Å². The molecule has 1 saturated heterocycles. The molecule has 0 saturated carbocycles. The van der Waals surface area contributed by atoms with Crippen molar-refractivity contribution in [2.75, 3.05) is 13.2 Å². The van der Waals surface area contributed by atoms with E-state index in [1.807, 2.05) is 0 Å². The van der Waals surface area contributed by atoms with E-state index >= 15 is 0 Å². The van der Waals surface area contributed by atoms with Gasteiger partial charge in [-0.25, -0.2) is 9.36 Å². The van der Waals surface area contributed by atoms with Gasteiger partial charge >= 0.3 is 6.09 Å². The summed E-state index contributed by atoms with van der Waals surface area (Å²) in [7, 11) is 0. The van der Waals surface area contributed by atoms with Crippen molar-refractivity contribution in [2.45, 2.75) is 31.8 Å². The Morgan fingerprint density at radius 3 is 2.83 bits per heavy atom. The molecule has 18 heavy (non-hydrogen) atoms. The standard InChI is InChI=1S/C13H17NO4/c1-2-3-7-13(9-17-10-13)18-12(16)14-8-5-4-6-11(14)15/h4-6,8H,2-3,7,9-10H2,1H3. The third kappa shape index (κ3) is 2.61. The molecule has 0 amide bonds. The van der Waals surface area contributed by atoms with E-state index in [2.05, 4.69) is 6.92 Å². The van der Waals surface area contributed by atoms with Crippen LogP contribution in [0, 0.1) is 0 Å². The first-order chi connectivity index (χ1) is 8.67. The minimum Gasteiger partial charge on any atom is -0.437 e. The van der Waals surface area contributed by atoms with Gasteiger partial charge in [-0.3, -0.25) is 4.79 Å². The van der Waals surface area contributed by atoms with Crippen LogP contribution in [0.1, 0.15) is 26.2 Å². The van der Waals surface area contributed by atoms with Crippen LogP contribution in [0.25, 0.3) is 0 Å². The quantitative estimate of drug-likeness (QED) is 0.818. The zero-order chi connectivity index (χ0) is 13.0. The van der Waals surface area contributed by atoms with Crippen molar-refractivity contribution < 1.29 is 14.3 Å². The zero-order valence-corrected chi connectivity index (χ0v) is 10.4. The lowest BCUT2D eigenvalue weighted by Crippen LogP contribution is -2.54. The topological polar surface area (TPSA) is 57.5 Å². The molecule has 1 aromatic heterocycles. The summed E-state index contributed by atoms with van der Waals surface area (Å²) in [6.45, 7) is 2.91. The van der Waals surface area contributed by atoms with Gasteiger partial charge in [-0.2, -0.15) is 0 Å². The second-order valence-corrected chi connectivity index (χ2v) is 4.56. The number of nitrogens with zero attached hydrogens (tertiary/aromatic N) is 1. The van der Waals surface area contributed by atoms with E-state index < -0.39 is 11.7 Å². The van der Waals surface area contributed by atoms with Gasteiger partial charge in [0.15, 0.2) is 5.60 Å². The molecular weight excluding hydrogens is 234 g/mol. The number of carbonyl (C=O) groups is 1. The summed E-state index contributed by atoms with van der Waals surface area (Å²) in [5.41, 5.74) is -0.920. The molecule has 1 fully saturated rings. The van der Waals surface area contributed by atoms with Crippen molar-refractivity contribution in [2.24, 2.45) is 0 Å². The molecule has 0 radical (unpaired) electrons. The number of hydrogen-bond donors (Lipinski definition) is 0. The van der Waals surface area contributed by atoms with E-state index in [0.717, 1.165) is 23.8 Å². The Morgan fingerprint density at radius 1 is 1.50 bits per heavy atom. The largest absolute Gasteiger partial charge is 0.437 e. The molecule has 1 aliphatic rings. The summed E-state index contributed by atoms with van der Waals surface area (Å²) in [5, 5.41) is 0. The molecule has 0 bridgehead atoms. The molecule has 98 valence electrons. The van der Waals surface area contributed by atoms with Crippen LogP contribution in [0.4, 0.5) is 4.79 Å². The van der Waals surface area contributed by atoms with E-state index in [9.17, 15) is 9.59 Å². The molecule has 5 heteroatoms. The normalized spacial score (nSPS) is 16.9. The molecule has 0 aromatic carbocycles. The number of pyridine rings is 1. The van der Waals surface area contributed by atoms with Crippen LogP contribution >= 0.6 is 0 Å². The lowest BCUT2D eigenvalue weighted by atomic mass is 9.95. The molecule has 0 atom stereocenters. The Kier molecular flexibility index (Phi) is 3.81. The van der Waals surface area contributed by atoms with Crippen molar-refractivity contribution in [1.29, 1.82) is 0 Å². The lowest BCUT2D eigenvalue weighted by Gasteiger charge is -2.40. The van der Waals surface area contributed by atoms with Gasteiger partial charge in [0.1, 0.15) is 0 Å². The van der Waals surface area contributed by atoms with Gasteiger partial charge < -0.3 is 9.47 Å². The predicted molar refractivity (Wildman–Crippen MR) is 65.7 cm³/mol. The van der Waals surface area contributed by atoms with E-state index in [0.29, 0.717) is 13.2 Å². The van der Waals surface area contributed by atoms with Crippen LogP contribution < -0.4 is 5.56 Å². The van der Waals surface area contributed by atoms with E-state index in [4.69, 9.17) is 9.47 Å². The molecular formula is C13H17NO4. The van der Waals surface area contributed by atoms with Crippen LogP contribution in [0.5, 0.6) is 0 Å². The smallest absolute Gasteiger partial charge is 0.421 e. The Bertz CT molecular complexity index is 476. The first-order valence-electron chi connectivity index (χ1n) is 6.16. The lowest BCUT2D eigenvalue weighted by molar-refractivity contribution is -0.182. The van der Waals surface area contributed by atoms with Gasteiger partial charge in [0.05, 0.1) is 13.2 Å². The van der Waals surface area contributed by atoms with Gasteiger partial charge in [0, 0.05) is 12.3 Å². The van der Waals surface area contributed by atoms with Crippen LogP contribution in [0.3, 0.4) is 0 Å². The van der Waals surface area contributed by atoms with Crippen molar-refractivity contribution in [1.82, 2.24) is 4.57 Å². The van der Waals surface area contributed by atoms with Crippen molar-refractivity contribution in [3.8, 4) is 0 Å². The average molecular weight is 251 g/mol. The SMILES string of the molecule is CCCCC1(OC(=O)n2ccccc2=O)COC1. The fourth-order valence-electron chi connectivity index (χ4n) is 1.90. The monoisotopic (exact) mass is 251 g/mol. The molecule has 0 N–H and O–H groups in total. The Labute approximate surface area is 105 Å². The summed E-state index contributed by atoms with van der Waals surface area (Å²) < 4.78 is 11.6. The van der Waals surface area contributed by atoms with Gasteiger partial charge in [0.25, 0.3) is 5.56 Å². The average Bonchev–Trinajstić information content (AvgIpc) is 2.32. The minimum absolute atomic E-state index is 0.381. The molecule has 0 spiro atoms. The highest BCUT2D eigenvalue weighted by atomic mass is 16.6. The molecule has 0 aliphatic carbocycles. The van der Waals surface area contributed by atoms with Crippen molar-refractivity contribution >= 4 is 6.09 Å². The molecule has 2 heterocycles. The first kappa shape index (κ1) is 12.8. The van der Waals surface area contributed by atoms with Crippen molar-refractivity contribution in [3.63, 3.8) is 0 Å². The van der Waals surface area contributed by atoms with Gasteiger partial charge in [-0.05, 0) is 18.9 Å². The second kappa shape index (κ2) is 5.35. The molecule has 1 aliphatic heterocycles. The number of hydrogen-bond acceptors (Lipinski definition) is 4. The van der Waals surface area contributed by atoms with Crippen LogP contribution in [0.2, 0.25) is 0 Å². The third-order valence-electron chi connectivity index (χ3n) is 3.04. The van der Waals surface area contributed by atoms with Crippen LogP contribution in [0.15, 0.2) is 29.2 Å². The van der Waals surface area contributed by atoms with Gasteiger partial charge in [-0.15, -0.1) is 0 Å². The van der Waals surface area contributed by atoms with E-state index in [1.165, 1.54) is 12.3 Å². The maximum Gasteiger partial charge on any atom is 0.421 e. The summed E-state index contributed by atoms with van der Waals surface area (Å²) >= 11 is 0. The molecule has 5 nitrogen and oxygen atoms in total. The summed E-state index contributed by atoms with van der Waals surface area (Å²) in [5.74, 6) is 0. The van der Waals surface area contributed by atoms with Gasteiger partial charge in [0.2, 0.25) is 0 Å². The third-order valence-corrected chi connectivity index (χ3v) is 3.04. The predicted octanol–water partition coefficient (Wildman–Crippen LogP) is 1.79. The first-order valence-corrected chi connectivity index (χ1v) is 6.16. The van der Waals surface area contributed by atoms with E-state index in [-0.39, 0.29) is 5.56 Å². The highest BCUT2D eigenvalue weighted by molar-refractivity contribution is 5.70. The zero-order valence-electron chi connectivity index (χ0n) is 10.4. The Morgan fingerprint density at radius 2 is 2.28 bits per heavy atom. The van der Waals surface area contributed by atoms with Crippen LogP contribution in [-0.4, -0.2) is 29.5 Å². The maximum atomic E-state index is 11.9. The van der Waals surface area contributed by atoms with E-state index in [1.54, 1.807) is 12.1 Å². The minimum atomic E-state index is -0.625. The second-order valence-electron chi connectivity index (χ2n) is 4.56. The highest BCUT2D eigenvalue weighted by Crippen LogP contribution is 2.28. The summed E-state index contributed by atoms with van der Waals surface area (Å²) in [6.07, 6.45) is 3.57. The number of unbranched alkanes of at least 4 members (excludes halogenated alkanes) is 1. The van der Waals surface area contributed by atoms with Crippen LogP contribution in [-0.2, 0) is 9.47 Å². The maximum absolute atomic E-state index is 11.9. The number of aromatic nitrogens is 1.